The van der Waals surface area contributed by atoms with Gasteiger partial charge in [-0.15, -0.1) is 0 Å². The quantitative estimate of drug-likeness (QED) is 0.251. The maximum absolute atomic E-state index is 14.8. The first-order valence-electron chi connectivity index (χ1n) is 20.9. The fourth-order valence-corrected chi connectivity index (χ4v) is 9.37. The Kier molecular flexibility index (Phi) is 11.3. The van der Waals surface area contributed by atoms with Gasteiger partial charge in [-0.25, -0.2) is 4.98 Å². The molecule has 0 bridgehead atoms. The maximum atomic E-state index is 14.8. The Morgan fingerprint density at radius 2 is 1.74 bits per heavy atom. The van der Waals surface area contributed by atoms with Crippen molar-refractivity contribution in [3.63, 3.8) is 0 Å². The third kappa shape index (κ3) is 7.77. The number of nitrogens with one attached hydrogen (secondary N) is 3. The average Bonchev–Trinajstić information content (AvgIpc) is 3.81. The molecule has 3 unspecified atom stereocenters. The van der Waals surface area contributed by atoms with Crippen LogP contribution in [-0.4, -0.2) is 132 Å². The second-order valence-electron chi connectivity index (χ2n) is 16.9. The summed E-state index contributed by atoms with van der Waals surface area (Å²) in [6.45, 7) is 3.98. The van der Waals surface area contributed by atoms with Crippen LogP contribution in [0.1, 0.15) is 89.9 Å². The van der Waals surface area contributed by atoms with Crippen molar-refractivity contribution in [1.82, 2.24) is 30.4 Å². The van der Waals surface area contributed by atoms with Gasteiger partial charge in [-0.2, -0.15) is 13.8 Å². The van der Waals surface area contributed by atoms with Crippen LogP contribution in [0, 0.1) is 0 Å². The summed E-state index contributed by atoms with van der Waals surface area (Å²) in [6.07, 6.45) is 5.62. The molecule has 328 valence electrons. The summed E-state index contributed by atoms with van der Waals surface area (Å²) in [4.78, 5) is 94.0. The van der Waals surface area contributed by atoms with Crippen LogP contribution in [0.15, 0.2) is 42.6 Å². The number of rotatable bonds is 10. The van der Waals surface area contributed by atoms with Crippen molar-refractivity contribution in [2.24, 2.45) is 0 Å². The van der Waals surface area contributed by atoms with E-state index in [0.29, 0.717) is 41.3 Å². The van der Waals surface area contributed by atoms with E-state index in [1.165, 1.54) is 25.3 Å². The second-order valence-corrected chi connectivity index (χ2v) is 16.9. The van der Waals surface area contributed by atoms with E-state index in [0.717, 1.165) is 41.9 Å². The van der Waals surface area contributed by atoms with Crippen LogP contribution in [-0.2, 0) is 14.4 Å². The third-order valence-corrected chi connectivity index (χ3v) is 12.8. The van der Waals surface area contributed by atoms with Gasteiger partial charge in [-0.1, -0.05) is 6.07 Å². The molecule has 1 aliphatic carbocycles. The summed E-state index contributed by atoms with van der Waals surface area (Å²) < 4.78 is 35.2. The lowest BCUT2D eigenvalue weighted by molar-refractivity contribution is -0.140. The predicted octanol–water partition coefficient (Wildman–Crippen LogP) is 3.71. The van der Waals surface area contributed by atoms with Crippen molar-refractivity contribution >= 4 is 64.3 Å². The highest BCUT2D eigenvalue weighted by Crippen LogP contribution is 2.39. The Balaban J connectivity index is 0.865. The van der Waals surface area contributed by atoms with Crippen molar-refractivity contribution in [3.05, 3.63) is 59.3 Å². The molecule has 1 aromatic heterocycles. The molecule has 4 aliphatic heterocycles. The number of amides is 6. The number of anilines is 5. The number of aromatic nitrogens is 2. The van der Waals surface area contributed by atoms with Gasteiger partial charge in [0.15, 0.2) is 5.82 Å². The normalized spacial score (nSPS) is 22.9. The van der Waals surface area contributed by atoms with E-state index in [2.05, 4.69) is 42.8 Å². The van der Waals surface area contributed by atoms with Gasteiger partial charge in [0.1, 0.15) is 17.5 Å². The fourth-order valence-electron chi connectivity index (χ4n) is 9.37. The van der Waals surface area contributed by atoms with Crippen LogP contribution in [0.2, 0.25) is 0 Å². The standard InChI is InChI=1S/C43H50F2N10O7/c1-23(2)54-22-43(44,45)41(61)52(4)32-21-46-42(50-36(32)54)48-29-12-9-24(19-33(29)62-5)37(57)47-25-10-11-27(20-25)51(3)26-15-17-53(18-16-26)30-8-6-7-28-35(30)40(60)55(39(28)59)31-13-14-34(56)49-38(31)58/h6-9,12,19,21,23,25-27,31H,10-11,13-18,20,22H2,1-5H3,(H,47,57)(H,46,48,50)(H,49,56,58). The summed E-state index contributed by atoms with van der Waals surface area (Å²) in [5.41, 5.74) is 2.23. The molecule has 5 aliphatic rings. The highest BCUT2D eigenvalue weighted by atomic mass is 19.3. The fraction of sp³-hybridized carbons (Fsp3) is 0.488. The third-order valence-electron chi connectivity index (χ3n) is 12.8. The molecule has 2 aromatic carbocycles. The summed E-state index contributed by atoms with van der Waals surface area (Å²) in [7, 11) is 4.86. The number of methoxy groups -OCH3 is 1. The molecule has 19 heteroatoms. The number of halogens is 2. The lowest BCUT2D eigenvalue weighted by atomic mass is 9.98. The van der Waals surface area contributed by atoms with Crippen molar-refractivity contribution in [2.45, 2.75) is 94.9 Å². The molecule has 5 heterocycles. The first-order valence-corrected chi connectivity index (χ1v) is 20.9. The predicted molar refractivity (Wildman–Crippen MR) is 224 cm³/mol. The van der Waals surface area contributed by atoms with E-state index in [-0.39, 0.29) is 59.9 Å². The van der Waals surface area contributed by atoms with Crippen LogP contribution in [0.3, 0.4) is 0 Å². The smallest absolute Gasteiger partial charge is 0.342 e. The zero-order valence-electron chi connectivity index (χ0n) is 35.2. The van der Waals surface area contributed by atoms with Crippen LogP contribution < -0.4 is 35.4 Å². The van der Waals surface area contributed by atoms with Gasteiger partial charge in [-0.3, -0.25) is 39.0 Å². The average molecular weight is 857 g/mol. The largest absolute Gasteiger partial charge is 0.495 e. The van der Waals surface area contributed by atoms with E-state index < -0.39 is 54.1 Å². The van der Waals surface area contributed by atoms with Crippen LogP contribution in [0.4, 0.5) is 37.6 Å². The zero-order valence-corrected chi connectivity index (χ0v) is 35.2. The van der Waals surface area contributed by atoms with Crippen molar-refractivity contribution in [3.8, 4) is 5.75 Å². The number of nitrogens with zero attached hydrogens (tertiary/aromatic N) is 7. The summed E-state index contributed by atoms with van der Waals surface area (Å²) in [6, 6.07) is 9.19. The van der Waals surface area contributed by atoms with E-state index >= 15 is 0 Å². The monoisotopic (exact) mass is 856 g/mol. The van der Waals surface area contributed by atoms with Gasteiger partial charge in [0.2, 0.25) is 17.8 Å². The summed E-state index contributed by atoms with van der Waals surface area (Å²) in [5.74, 6) is -6.68. The van der Waals surface area contributed by atoms with Crippen molar-refractivity contribution in [2.75, 3.05) is 60.9 Å². The number of fused-ring (bicyclic) bond motifs is 2. The van der Waals surface area contributed by atoms with Gasteiger partial charge in [0.25, 0.3) is 23.6 Å². The van der Waals surface area contributed by atoms with E-state index in [1.54, 1.807) is 44.2 Å². The van der Waals surface area contributed by atoms with Crippen LogP contribution in [0.5, 0.6) is 5.75 Å². The number of imide groups is 2. The Bertz CT molecular complexity index is 2340. The molecule has 3 aromatic rings. The number of carbonyl (C=O) groups is 6. The summed E-state index contributed by atoms with van der Waals surface area (Å²) in [5, 5.41) is 8.51. The molecule has 17 nitrogen and oxygen atoms in total. The van der Waals surface area contributed by atoms with Crippen molar-refractivity contribution in [1.29, 1.82) is 0 Å². The van der Waals surface area contributed by atoms with Gasteiger partial charge < -0.3 is 35.0 Å². The Hall–Kier alpha value is -6.24. The highest BCUT2D eigenvalue weighted by molar-refractivity contribution is 6.25. The molecule has 0 radical (unpaired) electrons. The molecule has 1 saturated carbocycles. The van der Waals surface area contributed by atoms with Gasteiger partial charge in [0, 0.05) is 56.3 Å². The van der Waals surface area contributed by atoms with E-state index in [1.807, 2.05) is 6.07 Å². The molecule has 0 spiro atoms. The van der Waals surface area contributed by atoms with Crippen LogP contribution >= 0.6 is 0 Å². The number of benzene rings is 2. The number of piperidine rings is 2. The molecular weight excluding hydrogens is 807 g/mol. The highest BCUT2D eigenvalue weighted by Gasteiger charge is 2.49. The van der Waals surface area contributed by atoms with Gasteiger partial charge >= 0.3 is 5.92 Å². The lowest BCUT2D eigenvalue weighted by Gasteiger charge is -2.40. The minimum absolute atomic E-state index is 0.0455. The lowest BCUT2D eigenvalue weighted by Crippen LogP contribution is -2.54. The first kappa shape index (κ1) is 42.5. The summed E-state index contributed by atoms with van der Waals surface area (Å²) >= 11 is 0. The molecule has 62 heavy (non-hydrogen) atoms. The number of hydrogen-bond donors (Lipinski definition) is 3. The Labute approximate surface area is 357 Å². The number of carbonyl (C=O) groups excluding carboxylic acids is 6. The second kappa shape index (κ2) is 16.6. The van der Waals surface area contributed by atoms with Crippen molar-refractivity contribution < 1.29 is 42.3 Å². The van der Waals surface area contributed by atoms with Gasteiger partial charge in [0.05, 0.1) is 42.4 Å². The van der Waals surface area contributed by atoms with E-state index in [4.69, 9.17) is 4.74 Å². The SMILES string of the molecule is COc1cc(C(=O)NC2CCC(N(C)C3CCN(c4cccc5c4C(=O)N(C4CCC(=O)NC4=O)C5=O)CC3)C2)ccc1Nc1ncc2c(n1)N(C(C)C)CC(F)(F)C(=O)N2C. The number of hydrogen-bond acceptors (Lipinski definition) is 13. The molecular formula is C43H50F2N10O7. The molecule has 8 rings (SSSR count). The first-order chi connectivity index (χ1) is 29.6. The van der Waals surface area contributed by atoms with Crippen LogP contribution in [0.25, 0.3) is 0 Å². The Morgan fingerprint density at radius 3 is 2.45 bits per heavy atom. The molecule has 3 N–H and O–H groups in total. The zero-order chi connectivity index (χ0) is 44.2. The number of ether oxygens (including phenoxy) is 1. The molecule has 2 saturated heterocycles. The molecule has 3 atom stereocenters. The van der Waals surface area contributed by atoms with Gasteiger partial charge in [-0.05, 0) is 89.8 Å². The topological polar surface area (TPSA) is 190 Å². The Morgan fingerprint density at radius 1 is 0.984 bits per heavy atom. The number of alkyl halides is 2. The maximum Gasteiger partial charge on any atom is 0.342 e. The van der Waals surface area contributed by atoms with E-state index in [9.17, 15) is 37.5 Å². The minimum Gasteiger partial charge on any atom is -0.495 e. The molecule has 3 fully saturated rings. The minimum atomic E-state index is -3.62. The molecule has 6 amide bonds.